The Morgan fingerprint density at radius 3 is 2.59 bits per heavy atom. The van der Waals surface area contributed by atoms with Crippen molar-refractivity contribution in [1.82, 2.24) is 4.90 Å². The van der Waals surface area contributed by atoms with Crippen LogP contribution in [-0.4, -0.2) is 54.8 Å². The number of benzene rings is 1. The predicted octanol–water partition coefficient (Wildman–Crippen LogP) is 3.73. The van der Waals surface area contributed by atoms with Crippen LogP contribution in [0.15, 0.2) is 18.2 Å². The topological polar surface area (TPSA) is 104 Å². The minimum Gasteiger partial charge on any atom is -0.444 e. The van der Waals surface area contributed by atoms with Crippen LogP contribution in [0.5, 0.6) is 0 Å². The number of nitrogens with one attached hydrogen (secondary N) is 2. The van der Waals surface area contributed by atoms with E-state index < -0.39 is 5.60 Å². The third-order valence-corrected chi connectivity index (χ3v) is 6.64. The van der Waals surface area contributed by atoms with Gasteiger partial charge in [0, 0.05) is 32.2 Å². The lowest BCUT2D eigenvalue weighted by atomic mass is 9.90. The third kappa shape index (κ3) is 4.99. The number of likely N-dealkylation sites (tertiary alicyclic amines) is 1. The fourth-order valence-corrected chi connectivity index (χ4v) is 4.49. The van der Waals surface area contributed by atoms with Crippen molar-refractivity contribution in [3.05, 3.63) is 23.8 Å². The van der Waals surface area contributed by atoms with Crippen LogP contribution in [0.1, 0.15) is 52.0 Å². The first-order valence-electron chi connectivity index (χ1n) is 11.4. The highest BCUT2D eigenvalue weighted by Crippen LogP contribution is 2.59. The molecular weight excluding hydrogens is 408 g/mol. The van der Waals surface area contributed by atoms with Crippen molar-refractivity contribution in [3.63, 3.8) is 0 Å². The highest BCUT2D eigenvalue weighted by Gasteiger charge is 2.59. The van der Waals surface area contributed by atoms with Gasteiger partial charge in [0.1, 0.15) is 5.60 Å². The molecule has 172 valence electrons. The van der Waals surface area contributed by atoms with E-state index in [-0.39, 0.29) is 29.4 Å². The van der Waals surface area contributed by atoms with Gasteiger partial charge in [-0.1, -0.05) is 0 Å². The lowest BCUT2D eigenvalue weighted by molar-refractivity contribution is -0.118. The van der Waals surface area contributed by atoms with E-state index in [2.05, 4.69) is 16.7 Å². The van der Waals surface area contributed by atoms with E-state index in [1.165, 1.54) is 0 Å². The van der Waals surface area contributed by atoms with Gasteiger partial charge in [-0.15, -0.1) is 0 Å². The van der Waals surface area contributed by atoms with E-state index in [0.717, 1.165) is 38.0 Å². The number of hydrogen-bond donors (Lipinski definition) is 2. The van der Waals surface area contributed by atoms with E-state index >= 15 is 0 Å². The number of hydrogen-bond acceptors (Lipinski definition) is 6. The maximum Gasteiger partial charge on any atom is 0.410 e. The standard InChI is InChI=1S/C24H32N4O4/c1-23(2,3)32-22(30)28-9-7-24(8-10-28)13-18(24)21(29)27-19-5-4-16(14-25)12-20(19)26-15-17-6-11-31-17/h4-5,12,17-18,26H,6-11,13,15H2,1-3H3,(H,27,29)/t17-,18?/m0/s1. The Bertz CT molecular complexity index is 921. The Labute approximate surface area is 189 Å². The van der Waals surface area contributed by atoms with Crippen LogP contribution in [0.4, 0.5) is 16.2 Å². The summed E-state index contributed by atoms with van der Waals surface area (Å²) >= 11 is 0. The summed E-state index contributed by atoms with van der Waals surface area (Å²) < 4.78 is 10.9. The summed E-state index contributed by atoms with van der Waals surface area (Å²) in [6, 6.07) is 7.40. The second-order valence-electron chi connectivity index (χ2n) is 10.1. The Hall–Kier alpha value is -2.79. The number of piperidine rings is 1. The molecule has 2 atom stereocenters. The molecule has 2 aliphatic heterocycles. The lowest BCUT2D eigenvalue weighted by Gasteiger charge is -2.34. The number of anilines is 2. The van der Waals surface area contributed by atoms with Gasteiger partial charge in [0.25, 0.3) is 0 Å². The Morgan fingerprint density at radius 1 is 1.28 bits per heavy atom. The van der Waals surface area contributed by atoms with Crippen molar-refractivity contribution in [2.75, 3.05) is 36.9 Å². The Kier molecular flexibility index (Phi) is 6.04. The van der Waals surface area contributed by atoms with Crippen LogP contribution in [0, 0.1) is 22.7 Å². The van der Waals surface area contributed by atoms with Crippen LogP contribution in [0.25, 0.3) is 0 Å². The summed E-state index contributed by atoms with van der Waals surface area (Å²) in [5.74, 6) is -0.0508. The molecule has 0 aromatic heterocycles. The number of ether oxygens (including phenoxy) is 2. The second kappa shape index (κ2) is 8.62. The van der Waals surface area contributed by atoms with Crippen LogP contribution in [0.3, 0.4) is 0 Å². The normalized spacial score (nSPS) is 23.6. The summed E-state index contributed by atoms with van der Waals surface area (Å²) in [6.45, 7) is 8.25. The van der Waals surface area contributed by atoms with Crippen molar-refractivity contribution in [2.24, 2.45) is 11.3 Å². The molecule has 1 aromatic carbocycles. The van der Waals surface area contributed by atoms with Crippen LogP contribution < -0.4 is 10.6 Å². The monoisotopic (exact) mass is 440 g/mol. The summed E-state index contributed by atoms with van der Waals surface area (Å²) in [5, 5.41) is 15.6. The largest absolute Gasteiger partial charge is 0.444 e. The zero-order valence-electron chi connectivity index (χ0n) is 19.1. The summed E-state index contributed by atoms with van der Waals surface area (Å²) in [4.78, 5) is 27.1. The highest BCUT2D eigenvalue weighted by atomic mass is 16.6. The molecule has 8 heteroatoms. The molecule has 3 aliphatic rings. The first-order chi connectivity index (χ1) is 15.2. The first-order valence-corrected chi connectivity index (χ1v) is 11.4. The lowest BCUT2D eigenvalue weighted by Crippen LogP contribution is -2.43. The molecular formula is C24H32N4O4. The quantitative estimate of drug-likeness (QED) is 0.723. The molecule has 0 radical (unpaired) electrons. The zero-order chi connectivity index (χ0) is 22.9. The van der Waals surface area contributed by atoms with Gasteiger partial charge >= 0.3 is 6.09 Å². The summed E-state index contributed by atoms with van der Waals surface area (Å²) in [6.07, 6.45) is 3.36. The molecule has 3 fully saturated rings. The van der Waals surface area contributed by atoms with Crippen molar-refractivity contribution in [1.29, 1.82) is 5.26 Å². The number of nitriles is 1. The Balaban J connectivity index is 1.33. The number of carbonyl (C=O) groups excluding carboxylic acids is 2. The number of nitrogens with zero attached hydrogens (tertiary/aromatic N) is 2. The fourth-order valence-electron chi connectivity index (χ4n) is 4.49. The molecule has 0 bridgehead atoms. The van der Waals surface area contributed by atoms with Crippen LogP contribution >= 0.6 is 0 Å². The van der Waals surface area contributed by atoms with Gasteiger partial charge in [0.15, 0.2) is 0 Å². The molecule has 2 saturated heterocycles. The van der Waals surface area contributed by atoms with E-state index in [0.29, 0.717) is 30.9 Å². The molecule has 2 N–H and O–H groups in total. The average molecular weight is 441 g/mol. The summed E-state index contributed by atoms with van der Waals surface area (Å²) in [7, 11) is 0. The minimum absolute atomic E-state index is 0.00312. The number of amides is 2. The van der Waals surface area contributed by atoms with E-state index in [9.17, 15) is 14.9 Å². The van der Waals surface area contributed by atoms with Gasteiger partial charge < -0.3 is 25.0 Å². The second-order valence-corrected chi connectivity index (χ2v) is 10.1. The molecule has 2 amide bonds. The molecule has 1 aromatic rings. The number of carbonyl (C=O) groups is 2. The molecule has 32 heavy (non-hydrogen) atoms. The van der Waals surface area contributed by atoms with Gasteiger partial charge in [0.05, 0.1) is 29.1 Å². The maximum atomic E-state index is 13.0. The van der Waals surface area contributed by atoms with Gasteiger partial charge in [0.2, 0.25) is 5.91 Å². The van der Waals surface area contributed by atoms with Crippen molar-refractivity contribution < 1.29 is 19.1 Å². The smallest absolute Gasteiger partial charge is 0.410 e. The van der Waals surface area contributed by atoms with Gasteiger partial charge in [-0.05, 0) is 70.1 Å². The Morgan fingerprint density at radius 2 is 2.00 bits per heavy atom. The summed E-state index contributed by atoms with van der Waals surface area (Å²) in [5.41, 5.74) is 1.43. The average Bonchev–Trinajstić information content (AvgIpc) is 3.40. The van der Waals surface area contributed by atoms with Gasteiger partial charge in [-0.2, -0.15) is 5.26 Å². The first kappa shape index (κ1) is 22.4. The highest BCUT2D eigenvalue weighted by molar-refractivity contribution is 5.98. The van der Waals surface area contributed by atoms with Crippen molar-refractivity contribution in [2.45, 2.75) is 58.2 Å². The van der Waals surface area contributed by atoms with E-state index in [4.69, 9.17) is 9.47 Å². The third-order valence-electron chi connectivity index (χ3n) is 6.64. The van der Waals surface area contributed by atoms with Crippen LogP contribution in [-0.2, 0) is 14.3 Å². The molecule has 1 unspecified atom stereocenters. The van der Waals surface area contributed by atoms with E-state index in [1.54, 1.807) is 23.1 Å². The SMILES string of the molecule is CC(C)(C)OC(=O)N1CCC2(CC1)CC2C(=O)Nc1ccc(C#N)cc1NC[C@@H]1CCO1. The van der Waals surface area contributed by atoms with Gasteiger partial charge in [-0.25, -0.2) is 4.79 Å². The molecule has 4 rings (SSSR count). The van der Waals surface area contributed by atoms with Crippen molar-refractivity contribution >= 4 is 23.4 Å². The van der Waals surface area contributed by atoms with E-state index in [1.807, 2.05) is 20.8 Å². The van der Waals surface area contributed by atoms with Crippen molar-refractivity contribution in [3.8, 4) is 6.07 Å². The molecule has 1 aliphatic carbocycles. The fraction of sp³-hybridized carbons (Fsp3) is 0.625. The minimum atomic E-state index is -0.508. The molecule has 1 saturated carbocycles. The van der Waals surface area contributed by atoms with Crippen LogP contribution in [0.2, 0.25) is 0 Å². The van der Waals surface area contributed by atoms with Gasteiger partial charge in [-0.3, -0.25) is 4.79 Å². The molecule has 1 spiro atoms. The number of rotatable bonds is 5. The molecule has 8 nitrogen and oxygen atoms in total. The predicted molar refractivity (Wildman–Crippen MR) is 120 cm³/mol. The maximum absolute atomic E-state index is 13.0. The molecule has 2 heterocycles. The zero-order valence-corrected chi connectivity index (χ0v) is 19.1.